The smallest absolute Gasteiger partial charge is 0.329 e. The van der Waals surface area contributed by atoms with Gasteiger partial charge in [-0.15, -0.1) is 10.2 Å². The van der Waals surface area contributed by atoms with Crippen LogP contribution in [0.4, 0.5) is 39.8 Å². The molecule has 2 unspecified atom stereocenters. The fraction of sp³-hybridized carbons (Fsp3) is 0.236. The van der Waals surface area contributed by atoms with E-state index < -0.39 is 57.2 Å². The number of azo groups is 2. The van der Waals surface area contributed by atoms with Gasteiger partial charge in [-0.3, -0.25) is 23.7 Å². The molecular formula is C72H70N8O11S. The highest BCUT2D eigenvalue weighted by Gasteiger charge is 2.41. The summed E-state index contributed by atoms with van der Waals surface area (Å²) in [7, 11) is -2.96. The number of hydrogen-bond donors (Lipinski definition) is 4. The van der Waals surface area contributed by atoms with Crippen LogP contribution in [0.3, 0.4) is 0 Å². The maximum atomic E-state index is 14.2. The molecule has 0 aromatic heterocycles. The highest BCUT2D eigenvalue weighted by molar-refractivity contribution is 7.86. The van der Waals surface area contributed by atoms with Crippen LogP contribution in [-0.4, -0.2) is 73.6 Å². The van der Waals surface area contributed by atoms with Crippen LogP contribution in [0.15, 0.2) is 201 Å². The van der Waals surface area contributed by atoms with Gasteiger partial charge in [0.2, 0.25) is 5.78 Å². The number of fused-ring (bicyclic) bond motifs is 2. The highest BCUT2D eigenvalue weighted by atomic mass is 32.2. The molecule has 0 radical (unpaired) electrons. The summed E-state index contributed by atoms with van der Waals surface area (Å²) in [6.07, 6.45) is 2.33. The number of methoxy groups -OCH3 is 1. The second-order valence-corrected chi connectivity index (χ2v) is 24.6. The normalized spacial score (nSPS) is 13.9. The van der Waals surface area contributed by atoms with Crippen molar-refractivity contribution in [2.24, 2.45) is 25.9 Å². The topological polar surface area (TPSA) is 270 Å². The largest absolute Gasteiger partial charge is 0.496 e. The molecule has 1 aliphatic rings. The maximum Gasteiger partial charge on any atom is 0.329 e. The number of likely N-dealkylation sites (tertiary alicyclic amines) is 1. The van der Waals surface area contributed by atoms with Gasteiger partial charge in [0.05, 0.1) is 29.9 Å². The van der Waals surface area contributed by atoms with E-state index in [2.05, 4.69) is 31.1 Å². The van der Waals surface area contributed by atoms with Gasteiger partial charge in [-0.2, -0.15) is 18.6 Å². The van der Waals surface area contributed by atoms with E-state index in [0.717, 1.165) is 44.3 Å². The number of hydrogen-bond acceptors (Lipinski definition) is 15. The van der Waals surface area contributed by atoms with Crippen LogP contribution in [0.5, 0.6) is 11.5 Å². The Morgan fingerprint density at radius 1 is 0.696 bits per heavy atom. The molecule has 9 aromatic carbocycles. The number of amides is 3. The molecule has 10 rings (SSSR count). The molecule has 470 valence electrons. The molecule has 2 atom stereocenters. The number of esters is 1. The van der Waals surface area contributed by atoms with Crippen molar-refractivity contribution in [3.8, 4) is 22.6 Å². The molecule has 1 aliphatic heterocycles. The Bertz CT molecular complexity index is 4460. The number of nitrogens with two attached hydrogens (primary N) is 1. The van der Waals surface area contributed by atoms with E-state index in [-0.39, 0.29) is 34.8 Å². The summed E-state index contributed by atoms with van der Waals surface area (Å²) in [5, 5.41) is 26.0. The molecular weight excluding hydrogens is 1180 g/mol. The number of benzene rings is 9. The number of nitrogens with one attached hydrogen (secondary N) is 2. The molecule has 0 saturated carbocycles. The van der Waals surface area contributed by atoms with Crippen LogP contribution >= 0.6 is 0 Å². The summed E-state index contributed by atoms with van der Waals surface area (Å²) in [6, 6.07) is 50.3. The standard InChI is InChI=1S/C72H70N8O11S/c1-7-72(4,5)68(82)70(84)80-38-13-12-21-61(80)71(85)91-63(37-23-46-22-36-62(89-6)45(3)39-46)50-15-14-16-54(41-50)90-43-65(81)74-51-30-28-49(29-31-51)69(83)75-67-58-20-11-8-17-55(58)44(2)40-60(67)79-77-53-34-26-48(27-35-53)47-24-32-52(33-25-47)76-78-59-42-64(92(86,87)88)56-18-9-10-19-57(56)66(59)73/h8-11,14-20,22,24-36,39-42,61,63H,7,12-13,21,23,37-38,43,73H2,1-6H3,(H,74,81)(H,75,83)(H,86,87,88). The third-order valence-corrected chi connectivity index (χ3v) is 17.5. The van der Waals surface area contributed by atoms with Crippen LogP contribution in [0.1, 0.15) is 91.6 Å². The van der Waals surface area contributed by atoms with Gasteiger partial charge in [-0.05, 0) is 170 Å². The second kappa shape index (κ2) is 28.2. The lowest BCUT2D eigenvalue weighted by Crippen LogP contribution is -2.53. The summed E-state index contributed by atoms with van der Waals surface area (Å²) in [5.74, 6) is -1.59. The van der Waals surface area contributed by atoms with Gasteiger partial charge in [0.1, 0.15) is 39.9 Å². The molecule has 9 aromatic rings. The molecule has 1 saturated heterocycles. The van der Waals surface area contributed by atoms with Gasteiger partial charge >= 0.3 is 5.97 Å². The first kappa shape index (κ1) is 64.5. The van der Waals surface area contributed by atoms with Gasteiger partial charge in [-0.25, -0.2) is 4.79 Å². The average Bonchev–Trinajstić information content (AvgIpc) is 1.02. The molecule has 1 fully saturated rings. The van der Waals surface area contributed by atoms with Crippen LogP contribution < -0.4 is 25.8 Å². The van der Waals surface area contributed by atoms with Crippen LogP contribution in [0.25, 0.3) is 32.7 Å². The summed E-state index contributed by atoms with van der Waals surface area (Å²) in [5.41, 5.74) is 13.7. The molecule has 20 heteroatoms. The Morgan fingerprint density at radius 2 is 1.34 bits per heavy atom. The van der Waals surface area contributed by atoms with Crippen molar-refractivity contribution in [1.29, 1.82) is 0 Å². The minimum absolute atomic E-state index is 0.0926. The number of aryl methyl sites for hydroxylation is 3. The van der Waals surface area contributed by atoms with Gasteiger partial charge in [-0.1, -0.05) is 118 Å². The molecule has 19 nitrogen and oxygen atoms in total. The van der Waals surface area contributed by atoms with E-state index >= 15 is 0 Å². The number of ketones is 1. The Hall–Kier alpha value is -10.4. The predicted octanol–water partition coefficient (Wildman–Crippen LogP) is 15.8. The Morgan fingerprint density at radius 3 is 1.98 bits per heavy atom. The highest BCUT2D eigenvalue weighted by Crippen LogP contribution is 2.40. The van der Waals surface area contributed by atoms with Gasteiger partial charge in [0.25, 0.3) is 27.8 Å². The van der Waals surface area contributed by atoms with Crippen LogP contribution in [-0.2, 0) is 40.5 Å². The molecule has 0 bridgehead atoms. The quantitative estimate of drug-likeness (QED) is 0.0162. The summed E-state index contributed by atoms with van der Waals surface area (Å²) in [4.78, 5) is 69.7. The molecule has 0 aliphatic carbocycles. The summed E-state index contributed by atoms with van der Waals surface area (Å²) in [6.45, 7) is 9.14. The third-order valence-electron chi connectivity index (χ3n) is 16.6. The number of piperidine rings is 1. The predicted molar refractivity (Wildman–Crippen MR) is 355 cm³/mol. The number of nitrogen functional groups attached to an aromatic ring is 1. The third kappa shape index (κ3) is 15.1. The SMILES string of the molecule is CCC(C)(C)C(=O)C(=O)N1CCCCC1C(=O)OC(CCc1ccc(OC)c(C)c1)c1cccc(OCC(=O)Nc2ccc(C(=O)Nc3c(N=Nc4ccc(-c5ccc(N=Nc6cc(S(=O)(=O)O)c7ccccc7c6N)cc5)cc4)cc(C)c4ccccc34)cc2)c1. The fourth-order valence-electron chi connectivity index (χ4n) is 11.0. The van der Waals surface area contributed by atoms with E-state index in [1.165, 1.54) is 11.0 Å². The summed E-state index contributed by atoms with van der Waals surface area (Å²) >= 11 is 0. The molecule has 92 heavy (non-hydrogen) atoms. The van der Waals surface area contributed by atoms with Crippen molar-refractivity contribution in [3.63, 3.8) is 0 Å². The van der Waals surface area contributed by atoms with Crippen molar-refractivity contribution in [3.05, 3.63) is 204 Å². The molecule has 0 spiro atoms. The Kier molecular flexibility index (Phi) is 19.8. The van der Waals surface area contributed by atoms with E-state index in [9.17, 15) is 36.9 Å². The average molecular weight is 1260 g/mol. The number of rotatable bonds is 22. The van der Waals surface area contributed by atoms with Crippen molar-refractivity contribution >= 4 is 101 Å². The van der Waals surface area contributed by atoms with Gasteiger partial charge in [0, 0.05) is 39.4 Å². The van der Waals surface area contributed by atoms with Crippen LogP contribution in [0.2, 0.25) is 0 Å². The lowest BCUT2D eigenvalue weighted by atomic mass is 9.84. The molecule has 5 N–H and O–H groups in total. The lowest BCUT2D eigenvalue weighted by Gasteiger charge is -2.36. The monoisotopic (exact) mass is 1250 g/mol. The van der Waals surface area contributed by atoms with Crippen LogP contribution in [0, 0.1) is 19.3 Å². The lowest BCUT2D eigenvalue weighted by molar-refractivity contribution is -0.164. The van der Waals surface area contributed by atoms with Crippen molar-refractivity contribution in [2.75, 3.05) is 36.6 Å². The Balaban J connectivity index is 0.778. The number of anilines is 3. The maximum absolute atomic E-state index is 14.2. The number of ether oxygens (including phenoxy) is 3. The van der Waals surface area contributed by atoms with E-state index in [1.54, 1.807) is 99.8 Å². The van der Waals surface area contributed by atoms with Crippen molar-refractivity contribution in [1.82, 2.24) is 4.90 Å². The van der Waals surface area contributed by atoms with Crippen molar-refractivity contribution in [2.45, 2.75) is 90.2 Å². The minimum Gasteiger partial charge on any atom is -0.496 e. The number of carbonyl (C=O) groups excluding carboxylic acids is 5. The first-order valence-corrected chi connectivity index (χ1v) is 31.6. The minimum atomic E-state index is -4.57. The van der Waals surface area contributed by atoms with E-state index in [4.69, 9.17) is 19.9 Å². The van der Waals surface area contributed by atoms with E-state index in [1.807, 2.05) is 112 Å². The van der Waals surface area contributed by atoms with Gasteiger partial charge < -0.3 is 35.5 Å². The van der Waals surface area contributed by atoms with E-state index in [0.29, 0.717) is 89.2 Å². The molecule has 1 heterocycles. The van der Waals surface area contributed by atoms with Gasteiger partial charge in [0.15, 0.2) is 6.61 Å². The zero-order valence-electron chi connectivity index (χ0n) is 51.8. The first-order chi connectivity index (χ1) is 44.2. The first-order valence-electron chi connectivity index (χ1n) is 30.2. The number of nitrogens with zero attached hydrogens (tertiary/aromatic N) is 5. The number of Topliss-reactive ketones (excluding diaryl/α,β-unsaturated/α-hetero) is 1. The number of carbonyl (C=O) groups is 5. The zero-order chi connectivity index (χ0) is 65.3. The zero-order valence-corrected chi connectivity index (χ0v) is 52.6. The molecule has 3 amide bonds. The fourth-order valence-corrected chi connectivity index (χ4v) is 11.7. The Labute approximate surface area is 533 Å². The second-order valence-electron chi connectivity index (χ2n) is 23.2. The summed E-state index contributed by atoms with van der Waals surface area (Å²) < 4.78 is 52.1. The van der Waals surface area contributed by atoms with Crippen molar-refractivity contribution < 1.29 is 51.2 Å².